The van der Waals surface area contributed by atoms with Gasteiger partial charge in [0.15, 0.2) is 16.8 Å². The van der Waals surface area contributed by atoms with Crippen LogP contribution in [0.25, 0.3) is 11.4 Å². The number of hydrogen-bond donors (Lipinski definition) is 0. The molecule has 1 aromatic carbocycles. The highest BCUT2D eigenvalue weighted by Crippen LogP contribution is 2.41. The molecule has 0 aliphatic heterocycles. The lowest BCUT2D eigenvalue weighted by Crippen LogP contribution is -2.09. The maximum absolute atomic E-state index is 12.9. The van der Waals surface area contributed by atoms with Crippen LogP contribution >= 0.6 is 11.8 Å². The molecule has 1 aliphatic carbocycles. The topological polar surface area (TPSA) is 60.7 Å². The van der Waals surface area contributed by atoms with Crippen LogP contribution in [0.2, 0.25) is 0 Å². The molecule has 0 bridgehead atoms. The van der Waals surface area contributed by atoms with Crippen molar-refractivity contribution in [3.63, 3.8) is 0 Å². The van der Waals surface area contributed by atoms with Crippen LogP contribution in [0.4, 0.5) is 0 Å². The van der Waals surface area contributed by atoms with Crippen molar-refractivity contribution in [3.8, 4) is 11.4 Å². The quantitative estimate of drug-likeness (QED) is 0.442. The SMILES string of the molecule is Cc1cc(C(=O)CSc2nnc(-c3cccnc3)n2C2CC2)c(C)c(C)c1C. The van der Waals surface area contributed by atoms with Crippen molar-refractivity contribution in [1.29, 1.82) is 0 Å². The molecule has 4 rings (SSSR count). The Morgan fingerprint density at radius 2 is 1.93 bits per heavy atom. The van der Waals surface area contributed by atoms with E-state index in [1.54, 1.807) is 6.20 Å². The van der Waals surface area contributed by atoms with Crippen LogP contribution < -0.4 is 0 Å². The maximum atomic E-state index is 12.9. The Labute approximate surface area is 169 Å². The molecule has 28 heavy (non-hydrogen) atoms. The zero-order valence-corrected chi connectivity index (χ0v) is 17.5. The van der Waals surface area contributed by atoms with Crippen molar-refractivity contribution in [2.75, 3.05) is 5.75 Å². The van der Waals surface area contributed by atoms with E-state index in [1.165, 1.54) is 22.9 Å². The summed E-state index contributed by atoms with van der Waals surface area (Å²) in [5.74, 6) is 1.34. The number of carbonyl (C=O) groups excluding carboxylic acids is 1. The number of benzene rings is 1. The molecular weight excluding hydrogens is 368 g/mol. The van der Waals surface area contributed by atoms with Crippen molar-refractivity contribution in [2.24, 2.45) is 0 Å². The van der Waals surface area contributed by atoms with Gasteiger partial charge in [0.2, 0.25) is 0 Å². The summed E-state index contributed by atoms with van der Waals surface area (Å²) in [6.45, 7) is 8.30. The van der Waals surface area contributed by atoms with Crippen LogP contribution in [-0.4, -0.2) is 31.3 Å². The molecule has 5 nitrogen and oxygen atoms in total. The monoisotopic (exact) mass is 392 g/mol. The van der Waals surface area contributed by atoms with Gasteiger partial charge in [-0.1, -0.05) is 11.8 Å². The fraction of sp³-hybridized carbons (Fsp3) is 0.364. The van der Waals surface area contributed by atoms with Gasteiger partial charge >= 0.3 is 0 Å². The average molecular weight is 393 g/mol. The van der Waals surface area contributed by atoms with E-state index in [0.717, 1.165) is 46.1 Å². The number of Topliss-reactive ketones (excluding diaryl/α,β-unsaturated/α-hetero) is 1. The van der Waals surface area contributed by atoms with Gasteiger partial charge in [-0.2, -0.15) is 0 Å². The fourth-order valence-corrected chi connectivity index (χ4v) is 4.33. The van der Waals surface area contributed by atoms with Crippen LogP contribution in [0.1, 0.15) is 51.5 Å². The molecule has 2 aromatic heterocycles. The molecule has 0 amide bonds. The standard InChI is InChI=1S/C22H24N4OS/c1-13-10-19(16(4)15(3)14(13)2)20(27)12-28-22-25-24-21(26(22)18-7-8-18)17-6-5-9-23-11-17/h5-6,9-11,18H,7-8,12H2,1-4H3. The molecule has 1 saturated carbocycles. The van der Waals surface area contributed by atoms with Crippen molar-refractivity contribution in [3.05, 3.63) is 58.4 Å². The lowest BCUT2D eigenvalue weighted by atomic mass is 9.93. The Morgan fingerprint density at radius 3 is 2.61 bits per heavy atom. The third-order valence-electron chi connectivity index (χ3n) is 5.61. The molecule has 0 N–H and O–H groups in total. The number of aromatic nitrogens is 4. The van der Waals surface area contributed by atoms with E-state index < -0.39 is 0 Å². The third-order valence-corrected chi connectivity index (χ3v) is 6.55. The number of pyridine rings is 1. The van der Waals surface area contributed by atoms with E-state index in [-0.39, 0.29) is 5.78 Å². The highest BCUT2D eigenvalue weighted by atomic mass is 32.2. The van der Waals surface area contributed by atoms with Gasteiger partial charge in [0.25, 0.3) is 0 Å². The fourth-order valence-electron chi connectivity index (χ4n) is 3.44. The minimum Gasteiger partial charge on any atom is -0.299 e. The van der Waals surface area contributed by atoms with Crippen LogP contribution in [0, 0.1) is 27.7 Å². The first kappa shape index (κ1) is 18.9. The Balaban J connectivity index is 1.58. The molecule has 0 atom stereocenters. The number of hydrogen-bond acceptors (Lipinski definition) is 5. The number of ketones is 1. The molecule has 0 unspecified atom stereocenters. The van der Waals surface area contributed by atoms with Gasteiger partial charge in [0.05, 0.1) is 5.75 Å². The van der Waals surface area contributed by atoms with Crippen molar-refractivity contribution >= 4 is 17.5 Å². The molecule has 0 spiro atoms. The number of rotatable bonds is 6. The van der Waals surface area contributed by atoms with E-state index in [4.69, 9.17) is 0 Å². The highest BCUT2D eigenvalue weighted by molar-refractivity contribution is 7.99. The summed E-state index contributed by atoms with van der Waals surface area (Å²) >= 11 is 1.48. The van der Waals surface area contributed by atoms with Crippen molar-refractivity contribution < 1.29 is 4.79 Å². The van der Waals surface area contributed by atoms with Crippen molar-refractivity contribution in [2.45, 2.75) is 51.7 Å². The zero-order valence-electron chi connectivity index (χ0n) is 16.7. The lowest BCUT2D eigenvalue weighted by Gasteiger charge is -2.13. The molecule has 6 heteroatoms. The van der Waals surface area contributed by atoms with Crippen LogP contribution in [0.5, 0.6) is 0 Å². The van der Waals surface area contributed by atoms with Crippen LogP contribution in [0.3, 0.4) is 0 Å². The summed E-state index contributed by atoms with van der Waals surface area (Å²) in [7, 11) is 0. The molecule has 0 radical (unpaired) electrons. The van der Waals surface area contributed by atoms with Crippen LogP contribution in [0.15, 0.2) is 35.7 Å². The summed E-state index contributed by atoms with van der Waals surface area (Å²) < 4.78 is 2.17. The molecule has 1 aliphatic rings. The summed E-state index contributed by atoms with van der Waals surface area (Å²) in [6.07, 6.45) is 5.82. The van der Waals surface area contributed by atoms with Gasteiger partial charge in [0, 0.05) is 29.6 Å². The van der Waals surface area contributed by atoms with E-state index in [1.807, 2.05) is 31.3 Å². The second kappa shape index (κ2) is 7.51. The number of thioether (sulfide) groups is 1. The molecule has 1 fully saturated rings. The molecule has 144 valence electrons. The molecular formula is C22H24N4OS. The molecule has 3 aromatic rings. The second-order valence-corrected chi connectivity index (χ2v) is 8.42. The highest BCUT2D eigenvalue weighted by Gasteiger charge is 2.30. The Hall–Kier alpha value is -2.47. The normalized spacial score (nSPS) is 13.7. The average Bonchev–Trinajstić information content (AvgIpc) is 3.46. The minimum atomic E-state index is 0.141. The zero-order chi connectivity index (χ0) is 19.8. The maximum Gasteiger partial charge on any atom is 0.192 e. The van der Waals surface area contributed by atoms with Crippen molar-refractivity contribution in [1.82, 2.24) is 19.7 Å². The summed E-state index contributed by atoms with van der Waals surface area (Å²) in [4.78, 5) is 17.1. The largest absolute Gasteiger partial charge is 0.299 e. The van der Waals surface area contributed by atoms with E-state index >= 15 is 0 Å². The van der Waals surface area contributed by atoms with E-state index in [0.29, 0.717) is 11.8 Å². The minimum absolute atomic E-state index is 0.141. The smallest absolute Gasteiger partial charge is 0.192 e. The summed E-state index contributed by atoms with van der Waals surface area (Å²) in [5, 5.41) is 9.60. The number of aryl methyl sites for hydroxylation is 1. The third kappa shape index (κ3) is 3.49. The van der Waals surface area contributed by atoms with E-state index in [2.05, 4.69) is 40.5 Å². The first-order valence-electron chi connectivity index (χ1n) is 9.56. The Bertz CT molecular complexity index is 1040. The van der Waals surface area contributed by atoms with E-state index in [9.17, 15) is 4.79 Å². The first-order chi connectivity index (χ1) is 13.5. The number of nitrogens with zero attached hydrogens (tertiary/aromatic N) is 4. The Kier molecular flexibility index (Phi) is 5.06. The molecule has 0 saturated heterocycles. The lowest BCUT2D eigenvalue weighted by molar-refractivity contribution is 0.102. The van der Waals surface area contributed by atoms with Gasteiger partial charge in [-0.05, 0) is 81.0 Å². The second-order valence-electron chi connectivity index (χ2n) is 7.48. The predicted molar refractivity (Wildman–Crippen MR) is 112 cm³/mol. The van der Waals surface area contributed by atoms with Gasteiger partial charge in [-0.3, -0.25) is 14.3 Å². The van der Waals surface area contributed by atoms with Gasteiger partial charge in [-0.15, -0.1) is 10.2 Å². The van der Waals surface area contributed by atoms with Gasteiger partial charge in [0.1, 0.15) is 0 Å². The first-order valence-corrected chi connectivity index (χ1v) is 10.5. The van der Waals surface area contributed by atoms with Gasteiger partial charge < -0.3 is 0 Å². The molecule has 2 heterocycles. The van der Waals surface area contributed by atoms with Gasteiger partial charge in [-0.25, -0.2) is 0 Å². The summed E-state index contributed by atoms with van der Waals surface area (Å²) in [5.41, 5.74) is 6.48. The van der Waals surface area contributed by atoms with Crippen LogP contribution in [-0.2, 0) is 0 Å². The number of carbonyl (C=O) groups is 1. The summed E-state index contributed by atoms with van der Waals surface area (Å²) in [6, 6.07) is 6.35. The predicted octanol–water partition coefficient (Wildman–Crippen LogP) is 4.88. The Morgan fingerprint density at radius 1 is 1.14 bits per heavy atom.